The maximum Gasteiger partial charge on any atom is 0.137 e. The Morgan fingerprint density at radius 3 is 2.80 bits per heavy atom. The molecule has 0 saturated heterocycles. The van der Waals surface area contributed by atoms with Crippen LogP contribution >= 0.6 is 0 Å². The van der Waals surface area contributed by atoms with Gasteiger partial charge < -0.3 is 5.32 Å². The second kappa shape index (κ2) is 4.26. The summed E-state index contributed by atoms with van der Waals surface area (Å²) >= 11 is 0. The van der Waals surface area contributed by atoms with Crippen molar-refractivity contribution in [1.29, 1.82) is 0 Å². The van der Waals surface area contributed by atoms with E-state index in [0.717, 1.165) is 35.5 Å². The van der Waals surface area contributed by atoms with E-state index in [1.54, 1.807) is 0 Å². The van der Waals surface area contributed by atoms with E-state index in [1.807, 2.05) is 31.2 Å². The molecule has 0 aliphatic carbocycles. The molecule has 1 aromatic carbocycles. The van der Waals surface area contributed by atoms with Gasteiger partial charge in [-0.15, -0.1) is 0 Å². The lowest BCUT2D eigenvalue weighted by Gasteiger charge is -2.08. The van der Waals surface area contributed by atoms with Gasteiger partial charge in [0.05, 0.1) is 5.52 Å². The highest BCUT2D eigenvalue weighted by atomic mass is 15.0. The van der Waals surface area contributed by atoms with Crippen LogP contribution in [0.1, 0.15) is 19.2 Å². The topological polar surface area (TPSA) is 37.8 Å². The molecule has 0 radical (unpaired) electrons. The Bertz CT molecular complexity index is 465. The van der Waals surface area contributed by atoms with E-state index < -0.39 is 0 Å². The Hall–Kier alpha value is -1.64. The summed E-state index contributed by atoms with van der Waals surface area (Å²) in [6.07, 6.45) is 1.09. The predicted octanol–water partition coefficient (Wildman–Crippen LogP) is 2.76. The minimum Gasteiger partial charge on any atom is -0.369 e. The summed E-state index contributed by atoms with van der Waals surface area (Å²) in [5.74, 6) is 1.76. The van der Waals surface area contributed by atoms with Crippen molar-refractivity contribution in [3.63, 3.8) is 0 Å². The van der Waals surface area contributed by atoms with Crippen LogP contribution in [0, 0.1) is 6.92 Å². The van der Waals surface area contributed by atoms with Gasteiger partial charge in [0.25, 0.3) is 0 Å². The number of nitrogens with zero attached hydrogens (tertiary/aromatic N) is 2. The van der Waals surface area contributed by atoms with E-state index >= 15 is 0 Å². The molecule has 15 heavy (non-hydrogen) atoms. The van der Waals surface area contributed by atoms with Crippen molar-refractivity contribution in [2.24, 2.45) is 0 Å². The van der Waals surface area contributed by atoms with Gasteiger partial charge >= 0.3 is 0 Å². The Balaban J connectivity index is 2.50. The van der Waals surface area contributed by atoms with E-state index in [4.69, 9.17) is 0 Å². The van der Waals surface area contributed by atoms with Crippen molar-refractivity contribution in [3.8, 4) is 0 Å². The first kappa shape index (κ1) is 9.90. The Morgan fingerprint density at radius 1 is 1.20 bits per heavy atom. The number of nitrogens with one attached hydrogen (secondary N) is 1. The first-order valence-electron chi connectivity index (χ1n) is 5.28. The Morgan fingerprint density at radius 2 is 2.00 bits per heavy atom. The number of fused-ring (bicyclic) bond motifs is 1. The molecule has 0 aliphatic heterocycles. The minimum absolute atomic E-state index is 0.812. The van der Waals surface area contributed by atoms with E-state index in [1.165, 1.54) is 0 Å². The predicted molar refractivity (Wildman–Crippen MR) is 63.1 cm³/mol. The van der Waals surface area contributed by atoms with Gasteiger partial charge in [-0.2, -0.15) is 0 Å². The van der Waals surface area contributed by atoms with Crippen molar-refractivity contribution in [2.45, 2.75) is 20.3 Å². The summed E-state index contributed by atoms with van der Waals surface area (Å²) in [4.78, 5) is 8.81. The lowest BCUT2D eigenvalue weighted by molar-refractivity contribution is 0.962. The molecule has 0 saturated carbocycles. The molecule has 0 spiro atoms. The molecule has 0 amide bonds. The third kappa shape index (κ3) is 2.06. The van der Waals surface area contributed by atoms with Gasteiger partial charge in [-0.1, -0.05) is 19.1 Å². The summed E-state index contributed by atoms with van der Waals surface area (Å²) in [5, 5.41) is 4.42. The van der Waals surface area contributed by atoms with Crippen LogP contribution in [0.4, 0.5) is 5.82 Å². The zero-order valence-corrected chi connectivity index (χ0v) is 9.12. The van der Waals surface area contributed by atoms with Crippen LogP contribution in [0.2, 0.25) is 0 Å². The van der Waals surface area contributed by atoms with Gasteiger partial charge in [0.15, 0.2) is 0 Å². The van der Waals surface area contributed by atoms with Crippen molar-refractivity contribution >= 4 is 16.7 Å². The standard InChI is InChI=1S/C12H15N3/c1-3-8-13-12-10-6-4-5-7-11(10)14-9(2)15-12/h4-7H,3,8H2,1-2H3,(H,13,14,15). The van der Waals surface area contributed by atoms with Gasteiger partial charge in [0, 0.05) is 11.9 Å². The highest BCUT2D eigenvalue weighted by molar-refractivity contribution is 5.88. The fourth-order valence-corrected chi connectivity index (χ4v) is 1.57. The Kier molecular flexibility index (Phi) is 2.81. The quantitative estimate of drug-likeness (QED) is 0.829. The molecular formula is C12H15N3. The van der Waals surface area contributed by atoms with Gasteiger partial charge in [-0.3, -0.25) is 0 Å². The number of hydrogen-bond donors (Lipinski definition) is 1. The van der Waals surface area contributed by atoms with E-state index in [-0.39, 0.29) is 0 Å². The second-order valence-corrected chi connectivity index (χ2v) is 3.56. The van der Waals surface area contributed by atoms with Crippen LogP contribution in [0.3, 0.4) is 0 Å². The summed E-state index contributed by atoms with van der Waals surface area (Å²) in [5.41, 5.74) is 1.00. The molecule has 2 rings (SSSR count). The van der Waals surface area contributed by atoms with Crippen LogP contribution in [-0.4, -0.2) is 16.5 Å². The largest absolute Gasteiger partial charge is 0.369 e. The lowest BCUT2D eigenvalue weighted by Crippen LogP contribution is -2.04. The maximum absolute atomic E-state index is 4.42. The first-order chi connectivity index (χ1) is 7.31. The number of para-hydroxylation sites is 1. The molecule has 1 heterocycles. The normalized spacial score (nSPS) is 10.5. The van der Waals surface area contributed by atoms with Gasteiger partial charge in [0.1, 0.15) is 11.6 Å². The molecule has 3 nitrogen and oxygen atoms in total. The molecule has 78 valence electrons. The van der Waals surface area contributed by atoms with Crippen LogP contribution in [-0.2, 0) is 0 Å². The molecule has 1 aromatic heterocycles. The smallest absolute Gasteiger partial charge is 0.137 e. The monoisotopic (exact) mass is 201 g/mol. The fraction of sp³-hybridized carbons (Fsp3) is 0.333. The molecular weight excluding hydrogens is 186 g/mol. The van der Waals surface area contributed by atoms with E-state index in [9.17, 15) is 0 Å². The number of aryl methyl sites for hydroxylation is 1. The summed E-state index contributed by atoms with van der Waals surface area (Å²) < 4.78 is 0. The zero-order valence-electron chi connectivity index (χ0n) is 9.12. The van der Waals surface area contributed by atoms with Crippen molar-refractivity contribution in [2.75, 3.05) is 11.9 Å². The van der Waals surface area contributed by atoms with Crippen LogP contribution in [0.5, 0.6) is 0 Å². The van der Waals surface area contributed by atoms with E-state index in [2.05, 4.69) is 22.2 Å². The highest BCUT2D eigenvalue weighted by Crippen LogP contribution is 2.19. The average molecular weight is 201 g/mol. The third-order valence-electron chi connectivity index (χ3n) is 2.26. The molecule has 2 aromatic rings. The number of aromatic nitrogens is 2. The number of anilines is 1. The summed E-state index contributed by atoms with van der Waals surface area (Å²) in [6, 6.07) is 8.07. The molecule has 0 aliphatic rings. The molecule has 0 fully saturated rings. The second-order valence-electron chi connectivity index (χ2n) is 3.56. The lowest BCUT2D eigenvalue weighted by atomic mass is 10.2. The average Bonchev–Trinajstić information content (AvgIpc) is 2.25. The van der Waals surface area contributed by atoms with Crippen molar-refractivity contribution in [1.82, 2.24) is 9.97 Å². The van der Waals surface area contributed by atoms with Gasteiger partial charge in [-0.05, 0) is 25.5 Å². The first-order valence-corrected chi connectivity index (χ1v) is 5.28. The SMILES string of the molecule is CCCNc1nc(C)nc2ccccc12. The van der Waals surface area contributed by atoms with Gasteiger partial charge in [-0.25, -0.2) is 9.97 Å². The minimum atomic E-state index is 0.812. The zero-order chi connectivity index (χ0) is 10.7. The van der Waals surface area contributed by atoms with Crippen LogP contribution in [0.25, 0.3) is 10.9 Å². The molecule has 0 atom stereocenters. The van der Waals surface area contributed by atoms with Crippen LogP contribution < -0.4 is 5.32 Å². The number of rotatable bonds is 3. The summed E-state index contributed by atoms with van der Waals surface area (Å²) in [7, 11) is 0. The number of benzene rings is 1. The van der Waals surface area contributed by atoms with E-state index in [0.29, 0.717) is 0 Å². The molecule has 0 bridgehead atoms. The van der Waals surface area contributed by atoms with Crippen LogP contribution in [0.15, 0.2) is 24.3 Å². The molecule has 0 unspecified atom stereocenters. The number of hydrogen-bond acceptors (Lipinski definition) is 3. The van der Waals surface area contributed by atoms with Crippen molar-refractivity contribution in [3.05, 3.63) is 30.1 Å². The third-order valence-corrected chi connectivity index (χ3v) is 2.26. The highest BCUT2D eigenvalue weighted by Gasteiger charge is 2.03. The van der Waals surface area contributed by atoms with Crippen molar-refractivity contribution < 1.29 is 0 Å². The van der Waals surface area contributed by atoms with Gasteiger partial charge in [0.2, 0.25) is 0 Å². The molecule has 1 N–H and O–H groups in total. The summed E-state index contributed by atoms with van der Waals surface area (Å²) in [6.45, 7) is 5.01. The maximum atomic E-state index is 4.42. The fourth-order valence-electron chi connectivity index (χ4n) is 1.57. The molecule has 3 heteroatoms. The Labute approximate surface area is 89.6 Å².